The molecular formula is C15H14ClFO. The number of aryl methyl sites for hydroxylation is 2. The van der Waals surface area contributed by atoms with Crippen LogP contribution in [0.4, 0.5) is 4.39 Å². The predicted molar refractivity (Wildman–Crippen MR) is 71.7 cm³/mol. The van der Waals surface area contributed by atoms with Crippen molar-refractivity contribution < 1.29 is 9.13 Å². The molecule has 94 valence electrons. The molecule has 0 fully saturated rings. The first-order chi connectivity index (χ1) is 8.58. The quantitative estimate of drug-likeness (QED) is 0.782. The van der Waals surface area contributed by atoms with Crippen molar-refractivity contribution in [3.05, 3.63) is 63.9 Å². The van der Waals surface area contributed by atoms with E-state index in [1.54, 1.807) is 6.07 Å². The molecule has 0 bridgehead atoms. The molecule has 2 aromatic rings. The third-order valence-corrected chi connectivity index (χ3v) is 3.31. The predicted octanol–water partition coefficient (Wildman–Crippen LogP) is 4.67. The first-order valence-electron chi connectivity index (χ1n) is 5.71. The molecular weight excluding hydrogens is 251 g/mol. The number of rotatable bonds is 3. The summed E-state index contributed by atoms with van der Waals surface area (Å²) in [6.45, 7) is 3.98. The standard InChI is InChI=1S/C15H14ClFO/c1-10-3-6-12(7-4-10)18-9-13-14(17)8-5-11(2)15(13)16/h3-8H,9H2,1-2H3. The number of ether oxygens (including phenoxy) is 1. The molecule has 0 N–H and O–H groups in total. The van der Waals surface area contributed by atoms with Crippen LogP contribution in [0.1, 0.15) is 16.7 Å². The average molecular weight is 265 g/mol. The fourth-order valence-electron chi connectivity index (χ4n) is 1.64. The number of hydrogen-bond donors (Lipinski definition) is 0. The van der Waals surface area contributed by atoms with Crippen molar-refractivity contribution in [1.29, 1.82) is 0 Å². The lowest BCUT2D eigenvalue weighted by Gasteiger charge is -2.10. The van der Waals surface area contributed by atoms with Gasteiger partial charge in [0.05, 0.1) is 5.02 Å². The average Bonchev–Trinajstić information content (AvgIpc) is 2.36. The third-order valence-electron chi connectivity index (χ3n) is 2.78. The van der Waals surface area contributed by atoms with Crippen LogP contribution in [0.2, 0.25) is 5.02 Å². The minimum Gasteiger partial charge on any atom is -0.489 e. The molecule has 2 rings (SSSR count). The molecule has 3 heteroatoms. The van der Waals surface area contributed by atoms with Crippen LogP contribution in [0.15, 0.2) is 36.4 Å². The zero-order valence-corrected chi connectivity index (χ0v) is 11.1. The summed E-state index contributed by atoms with van der Waals surface area (Å²) in [5.41, 5.74) is 2.40. The van der Waals surface area contributed by atoms with E-state index >= 15 is 0 Å². The molecule has 18 heavy (non-hydrogen) atoms. The smallest absolute Gasteiger partial charge is 0.131 e. The molecule has 0 saturated heterocycles. The number of hydrogen-bond acceptors (Lipinski definition) is 1. The molecule has 0 aliphatic carbocycles. The van der Waals surface area contributed by atoms with Gasteiger partial charge in [-0.15, -0.1) is 0 Å². The van der Waals surface area contributed by atoms with Crippen LogP contribution in [0.25, 0.3) is 0 Å². The highest BCUT2D eigenvalue weighted by Gasteiger charge is 2.10. The maximum absolute atomic E-state index is 13.6. The van der Waals surface area contributed by atoms with Crippen LogP contribution in [-0.4, -0.2) is 0 Å². The third kappa shape index (κ3) is 2.82. The van der Waals surface area contributed by atoms with Gasteiger partial charge in [0.25, 0.3) is 0 Å². The van der Waals surface area contributed by atoms with Crippen molar-refractivity contribution in [3.63, 3.8) is 0 Å². The molecule has 0 amide bonds. The second kappa shape index (κ2) is 5.40. The Labute approximate surface area is 111 Å². The Kier molecular flexibility index (Phi) is 3.87. The van der Waals surface area contributed by atoms with Gasteiger partial charge in [0.1, 0.15) is 18.2 Å². The Morgan fingerprint density at radius 2 is 1.72 bits per heavy atom. The van der Waals surface area contributed by atoms with E-state index in [1.165, 1.54) is 6.07 Å². The van der Waals surface area contributed by atoms with Crippen molar-refractivity contribution in [2.75, 3.05) is 0 Å². The van der Waals surface area contributed by atoms with Crippen LogP contribution in [0.3, 0.4) is 0 Å². The fraction of sp³-hybridized carbons (Fsp3) is 0.200. The summed E-state index contributed by atoms with van der Waals surface area (Å²) >= 11 is 6.07. The second-order valence-electron chi connectivity index (χ2n) is 4.26. The summed E-state index contributed by atoms with van der Waals surface area (Å²) in [5.74, 6) is 0.371. The fourth-order valence-corrected chi connectivity index (χ4v) is 1.84. The van der Waals surface area contributed by atoms with E-state index in [4.69, 9.17) is 16.3 Å². The summed E-state index contributed by atoms with van der Waals surface area (Å²) in [6, 6.07) is 10.7. The molecule has 0 unspecified atom stereocenters. The van der Waals surface area contributed by atoms with Gasteiger partial charge in [-0.25, -0.2) is 4.39 Å². The van der Waals surface area contributed by atoms with Crippen molar-refractivity contribution >= 4 is 11.6 Å². The van der Waals surface area contributed by atoms with Crippen molar-refractivity contribution in [3.8, 4) is 5.75 Å². The summed E-state index contributed by atoms with van der Waals surface area (Å²) in [4.78, 5) is 0. The van der Waals surface area contributed by atoms with Crippen LogP contribution < -0.4 is 4.74 Å². The Morgan fingerprint density at radius 3 is 2.39 bits per heavy atom. The molecule has 0 atom stereocenters. The Morgan fingerprint density at radius 1 is 1.06 bits per heavy atom. The molecule has 0 aliphatic rings. The van der Waals surface area contributed by atoms with E-state index in [0.29, 0.717) is 16.3 Å². The van der Waals surface area contributed by atoms with E-state index in [-0.39, 0.29) is 12.4 Å². The maximum atomic E-state index is 13.6. The van der Waals surface area contributed by atoms with Gasteiger partial charge < -0.3 is 4.74 Å². The lowest BCUT2D eigenvalue weighted by molar-refractivity contribution is 0.300. The zero-order chi connectivity index (χ0) is 13.1. The SMILES string of the molecule is Cc1ccc(OCc2c(F)ccc(C)c2Cl)cc1. The van der Waals surface area contributed by atoms with Crippen LogP contribution in [0, 0.1) is 19.7 Å². The zero-order valence-electron chi connectivity index (χ0n) is 10.3. The van der Waals surface area contributed by atoms with E-state index in [9.17, 15) is 4.39 Å². The summed E-state index contributed by atoms with van der Waals surface area (Å²) in [6.07, 6.45) is 0. The van der Waals surface area contributed by atoms with Gasteiger partial charge >= 0.3 is 0 Å². The highest BCUT2D eigenvalue weighted by atomic mass is 35.5. The molecule has 2 aromatic carbocycles. The minimum atomic E-state index is -0.335. The van der Waals surface area contributed by atoms with Crippen molar-refractivity contribution in [2.24, 2.45) is 0 Å². The maximum Gasteiger partial charge on any atom is 0.131 e. The number of benzene rings is 2. The van der Waals surface area contributed by atoms with Crippen LogP contribution >= 0.6 is 11.6 Å². The first kappa shape index (κ1) is 12.9. The van der Waals surface area contributed by atoms with Gasteiger partial charge in [0.15, 0.2) is 0 Å². The topological polar surface area (TPSA) is 9.23 Å². The minimum absolute atomic E-state index is 0.134. The molecule has 1 nitrogen and oxygen atoms in total. The monoisotopic (exact) mass is 264 g/mol. The van der Waals surface area contributed by atoms with E-state index in [1.807, 2.05) is 38.1 Å². The molecule has 0 radical (unpaired) electrons. The van der Waals surface area contributed by atoms with E-state index in [0.717, 1.165) is 11.1 Å². The van der Waals surface area contributed by atoms with Gasteiger partial charge in [-0.1, -0.05) is 35.4 Å². The molecule has 0 saturated carbocycles. The first-order valence-corrected chi connectivity index (χ1v) is 6.08. The lowest BCUT2D eigenvalue weighted by Crippen LogP contribution is -2.00. The summed E-state index contributed by atoms with van der Waals surface area (Å²) in [5, 5.41) is 0.433. The van der Waals surface area contributed by atoms with Crippen LogP contribution in [0.5, 0.6) is 5.75 Å². The van der Waals surface area contributed by atoms with Gasteiger partial charge in [-0.3, -0.25) is 0 Å². The summed E-state index contributed by atoms with van der Waals surface area (Å²) in [7, 11) is 0. The summed E-state index contributed by atoms with van der Waals surface area (Å²) < 4.78 is 19.2. The van der Waals surface area contributed by atoms with Crippen molar-refractivity contribution in [2.45, 2.75) is 20.5 Å². The Hall–Kier alpha value is -1.54. The second-order valence-corrected chi connectivity index (χ2v) is 4.64. The highest BCUT2D eigenvalue weighted by Crippen LogP contribution is 2.25. The molecule has 0 spiro atoms. The Bertz CT molecular complexity index is 549. The molecule has 0 heterocycles. The van der Waals surface area contributed by atoms with Gasteiger partial charge in [0, 0.05) is 5.56 Å². The van der Waals surface area contributed by atoms with Crippen LogP contribution in [-0.2, 0) is 6.61 Å². The Balaban J connectivity index is 2.15. The van der Waals surface area contributed by atoms with Crippen molar-refractivity contribution in [1.82, 2.24) is 0 Å². The lowest BCUT2D eigenvalue weighted by atomic mass is 10.1. The van der Waals surface area contributed by atoms with Gasteiger partial charge in [-0.2, -0.15) is 0 Å². The van der Waals surface area contributed by atoms with Gasteiger partial charge in [0.2, 0.25) is 0 Å². The molecule has 0 aromatic heterocycles. The normalized spacial score (nSPS) is 10.4. The molecule has 0 aliphatic heterocycles. The highest BCUT2D eigenvalue weighted by molar-refractivity contribution is 6.32. The van der Waals surface area contributed by atoms with E-state index in [2.05, 4.69) is 0 Å². The number of halogens is 2. The van der Waals surface area contributed by atoms with Gasteiger partial charge in [-0.05, 0) is 37.6 Å². The van der Waals surface area contributed by atoms with E-state index < -0.39 is 0 Å². The largest absolute Gasteiger partial charge is 0.489 e.